The van der Waals surface area contributed by atoms with E-state index in [0.29, 0.717) is 10.0 Å². The van der Waals surface area contributed by atoms with Crippen molar-refractivity contribution < 1.29 is 19.4 Å². The number of carbonyl (C=O) groups excluding carboxylic acids is 2. The minimum atomic E-state index is -1.07. The van der Waals surface area contributed by atoms with Crippen LogP contribution in [0.3, 0.4) is 0 Å². The van der Waals surface area contributed by atoms with Gasteiger partial charge in [0.25, 0.3) is 5.91 Å². The molecular weight excluding hydrogens is 370 g/mol. The van der Waals surface area contributed by atoms with Gasteiger partial charge in [-0.2, -0.15) is 0 Å². The van der Waals surface area contributed by atoms with Crippen LogP contribution in [0.4, 0.5) is 0 Å². The summed E-state index contributed by atoms with van der Waals surface area (Å²) >= 11 is 6.51. The van der Waals surface area contributed by atoms with Crippen LogP contribution in [0.5, 0.6) is 0 Å². The molecule has 1 amide bonds. The summed E-state index contributed by atoms with van der Waals surface area (Å²) in [6.07, 6.45) is 0. The number of amides is 1. The lowest BCUT2D eigenvalue weighted by molar-refractivity contribution is -0.143. The van der Waals surface area contributed by atoms with Gasteiger partial charge < -0.3 is 15.2 Å². The van der Waals surface area contributed by atoms with E-state index in [4.69, 9.17) is 5.11 Å². The number of nitrogens with one attached hydrogen (secondary N) is 1. The number of aliphatic hydroxyl groups excluding tert-OH is 1. The molecule has 0 aliphatic rings. The third kappa shape index (κ3) is 3.79. The maximum atomic E-state index is 11.9. The van der Waals surface area contributed by atoms with Gasteiger partial charge in [-0.3, -0.25) is 4.79 Å². The number of methoxy groups -OCH3 is 1. The smallest absolute Gasteiger partial charge is 0.330 e. The van der Waals surface area contributed by atoms with E-state index in [-0.39, 0.29) is 0 Å². The molecule has 0 aromatic heterocycles. The summed E-state index contributed by atoms with van der Waals surface area (Å²) in [6.45, 7) is -0.521. The van der Waals surface area contributed by atoms with Gasteiger partial charge in [-0.25, -0.2) is 4.79 Å². The van der Waals surface area contributed by atoms with Crippen LogP contribution in [-0.4, -0.2) is 36.7 Å². The highest BCUT2D eigenvalue weighted by atomic mass is 79.9. The zero-order valence-corrected chi connectivity index (χ0v) is 12.6. The molecule has 0 fully saturated rings. The van der Waals surface area contributed by atoms with E-state index >= 15 is 0 Å². The molecular formula is C11H11Br2NO4. The first kappa shape index (κ1) is 15.1. The van der Waals surface area contributed by atoms with Gasteiger partial charge in [-0.1, -0.05) is 15.9 Å². The molecule has 0 spiro atoms. The largest absolute Gasteiger partial charge is 0.467 e. The predicted molar refractivity (Wildman–Crippen MR) is 72.2 cm³/mol. The van der Waals surface area contributed by atoms with E-state index < -0.39 is 24.5 Å². The molecule has 0 aliphatic heterocycles. The van der Waals surface area contributed by atoms with Gasteiger partial charge in [0.1, 0.15) is 0 Å². The van der Waals surface area contributed by atoms with Crippen LogP contribution in [0.1, 0.15) is 10.4 Å². The molecule has 0 saturated carbocycles. The fourth-order valence-electron chi connectivity index (χ4n) is 1.23. The first-order valence-electron chi connectivity index (χ1n) is 4.94. The second kappa shape index (κ2) is 6.86. The molecule has 0 radical (unpaired) electrons. The van der Waals surface area contributed by atoms with E-state index in [1.807, 2.05) is 0 Å². The summed E-state index contributed by atoms with van der Waals surface area (Å²) in [5.74, 6) is -1.17. The topological polar surface area (TPSA) is 75.6 Å². The van der Waals surface area contributed by atoms with Crippen molar-refractivity contribution in [3.8, 4) is 0 Å². The van der Waals surface area contributed by atoms with Gasteiger partial charge in [0.15, 0.2) is 6.04 Å². The fraction of sp³-hybridized carbons (Fsp3) is 0.273. The molecule has 0 heterocycles. The number of esters is 1. The van der Waals surface area contributed by atoms with Crippen molar-refractivity contribution in [2.24, 2.45) is 0 Å². The Morgan fingerprint density at radius 1 is 1.44 bits per heavy atom. The van der Waals surface area contributed by atoms with Crippen LogP contribution in [0.15, 0.2) is 27.1 Å². The summed E-state index contributed by atoms with van der Waals surface area (Å²) in [5, 5.41) is 11.4. The zero-order chi connectivity index (χ0) is 13.7. The number of benzene rings is 1. The highest BCUT2D eigenvalue weighted by molar-refractivity contribution is 9.11. The van der Waals surface area contributed by atoms with E-state index in [1.165, 1.54) is 7.11 Å². The summed E-state index contributed by atoms with van der Waals surface area (Å²) in [4.78, 5) is 23.1. The Balaban J connectivity index is 2.84. The Kier molecular flexibility index (Phi) is 5.77. The van der Waals surface area contributed by atoms with Crippen LogP contribution in [0.25, 0.3) is 0 Å². The fourth-order valence-corrected chi connectivity index (χ4v) is 2.46. The van der Waals surface area contributed by atoms with E-state index in [0.717, 1.165) is 4.47 Å². The summed E-state index contributed by atoms with van der Waals surface area (Å²) < 4.78 is 5.85. The lowest BCUT2D eigenvalue weighted by Gasteiger charge is -2.14. The molecule has 1 aromatic carbocycles. The van der Waals surface area contributed by atoms with Crippen molar-refractivity contribution in [1.29, 1.82) is 0 Å². The maximum Gasteiger partial charge on any atom is 0.330 e. The Bertz CT molecular complexity index is 464. The molecule has 98 valence electrons. The van der Waals surface area contributed by atoms with Gasteiger partial charge in [0.2, 0.25) is 0 Å². The molecule has 1 unspecified atom stereocenters. The third-order valence-electron chi connectivity index (χ3n) is 2.15. The second-order valence-corrected chi connectivity index (χ2v) is 5.13. The lowest BCUT2D eigenvalue weighted by atomic mass is 10.2. The van der Waals surface area contributed by atoms with Gasteiger partial charge in [0.05, 0.1) is 19.3 Å². The van der Waals surface area contributed by atoms with Crippen molar-refractivity contribution in [3.05, 3.63) is 32.7 Å². The zero-order valence-electron chi connectivity index (χ0n) is 9.44. The number of carbonyl (C=O) groups is 2. The molecule has 0 bridgehead atoms. The molecule has 0 saturated heterocycles. The number of ether oxygens (including phenoxy) is 1. The molecule has 1 rings (SSSR count). The highest BCUT2D eigenvalue weighted by Crippen LogP contribution is 2.21. The quantitative estimate of drug-likeness (QED) is 0.775. The number of halogens is 2. The summed E-state index contributed by atoms with van der Waals surface area (Å²) in [7, 11) is 1.19. The number of rotatable bonds is 4. The monoisotopic (exact) mass is 379 g/mol. The summed E-state index contributed by atoms with van der Waals surface area (Å²) in [5.41, 5.74) is 0.362. The molecule has 1 atom stereocenters. The minimum Gasteiger partial charge on any atom is -0.467 e. The first-order chi connectivity index (χ1) is 8.49. The lowest BCUT2D eigenvalue weighted by Crippen LogP contribution is -2.44. The Morgan fingerprint density at radius 2 is 2.11 bits per heavy atom. The van der Waals surface area contributed by atoms with Crippen molar-refractivity contribution in [2.75, 3.05) is 13.7 Å². The molecule has 5 nitrogen and oxygen atoms in total. The molecule has 1 aromatic rings. The van der Waals surface area contributed by atoms with Crippen LogP contribution in [0, 0.1) is 0 Å². The number of hydrogen-bond acceptors (Lipinski definition) is 4. The molecule has 18 heavy (non-hydrogen) atoms. The maximum absolute atomic E-state index is 11.9. The van der Waals surface area contributed by atoms with Crippen LogP contribution >= 0.6 is 31.9 Å². The molecule has 0 aliphatic carbocycles. The van der Waals surface area contributed by atoms with Crippen LogP contribution in [0.2, 0.25) is 0 Å². The highest BCUT2D eigenvalue weighted by Gasteiger charge is 2.22. The molecule has 7 heteroatoms. The van der Waals surface area contributed by atoms with E-state index in [9.17, 15) is 9.59 Å². The van der Waals surface area contributed by atoms with Gasteiger partial charge in [-0.05, 0) is 34.1 Å². The predicted octanol–water partition coefficient (Wildman–Crippen LogP) is 1.48. The normalized spacial score (nSPS) is 11.8. The van der Waals surface area contributed by atoms with Gasteiger partial charge >= 0.3 is 5.97 Å². The Hall–Kier alpha value is -0.920. The number of hydrogen-bond donors (Lipinski definition) is 2. The Morgan fingerprint density at radius 3 is 2.61 bits per heavy atom. The van der Waals surface area contributed by atoms with Crippen LogP contribution < -0.4 is 5.32 Å². The molecule has 2 N–H and O–H groups in total. The van der Waals surface area contributed by atoms with E-state index in [2.05, 4.69) is 41.9 Å². The number of aliphatic hydroxyl groups is 1. The van der Waals surface area contributed by atoms with Crippen molar-refractivity contribution in [1.82, 2.24) is 5.32 Å². The second-order valence-electron chi connectivity index (χ2n) is 3.36. The van der Waals surface area contributed by atoms with E-state index in [1.54, 1.807) is 18.2 Å². The van der Waals surface area contributed by atoms with Crippen molar-refractivity contribution in [2.45, 2.75) is 6.04 Å². The van der Waals surface area contributed by atoms with Crippen molar-refractivity contribution in [3.63, 3.8) is 0 Å². The Labute approximate surface area is 121 Å². The summed E-state index contributed by atoms with van der Waals surface area (Å²) in [6, 6.07) is 3.93. The average Bonchev–Trinajstić information content (AvgIpc) is 2.34. The van der Waals surface area contributed by atoms with Gasteiger partial charge in [0, 0.05) is 8.95 Å². The average molecular weight is 381 g/mol. The standard InChI is InChI=1S/C11H11Br2NO4/c1-18-11(17)9(5-15)14-10(16)7-3-2-6(12)4-8(7)13/h2-4,9,15H,5H2,1H3,(H,14,16). The van der Waals surface area contributed by atoms with Crippen LogP contribution in [-0.2, 0) is 9.53 Å². The van der Waals surface area contributed by atoms with Crippen molar-refractivity contribution >= 4 is 43.7 Å². The SMILES string of the molecule is COC(=O)C(CO)NC(=O)c1ccc(Br)cc1Br. The third-order valence-corrected chi connectivity index (χ3v) is 3.30. The first-order valence-corrected chi connectivity index (χ1v) is 6.52. The van der Waals surface area contributed by atoms with Gasteiger partial charge in [-0.15, -0.1) is 0 Å². The minimum absolute atomic E-state index is 0.362.